The summed E-state index contributed by atoms with van der Waals surface area (Å²) in [6.07, 6.45) is 6.82. The number of nitrogens with zero attached hydrogens (tertiary/aromatic N) is 2. The van der Waals surface area contributed by atoms with E-state index in [9.17, 15) is 0 Å². The van der Waals surface area contributed by atoms with Crippen molar-refractivity contribution >= 4 is 0 Å². The molecule has 1 heterocycles. The lowest BCUT2D eigenvalue weighted by molar-refractivity contribution is 0.145. The van der Waals surface area contributed by atoms with Crippen molar-refractivity contribution in [3.05, 3.63) is 0 Å². The number of hydrogen-bond donors (Lipinski definition) is 1. The Morgan fingerprint density at radius 2 is 2.06 bits per heavy atom. The number of nitrogens with one attached hydrogen (secondary N) is 1. The van der Waals surface area contributed by atoms with Crippen molar-refractivity contribution in [3.8, 4) is 0 Å². The molecule has 0 radical (unpaired) electrons. The van der Waals surface area contributed by atoms with Crippen LogP contribution in [0.3, 0.4) is 0 Å². The van der Waals surface area contributed by atoms with Gasteiger partial charge in [0.05, 0.1) is 0 Å². The van der Waals surface area contributed by atoms with Crippen LogP contribution >= 0.6 is 0 Å². The van der Waals surface area contributed by atoms with Gasteiger partial charge in [-0.25, -0.2) is 0 Å². The van der Waals surface area contributed by atoms with Gasteiger partial charge in [-0.1, -0.05) is 13.3 Å². The third kappa shape index (κ3) is 6.39. The van der Waals surface area contributed by atoms with Crippen LogP contribution in [0.2, 0.25) is 0 Å². The molecular formula is C14H31N3. The lowest BCUT2D eigenvalue weighted by Crippen LogP contribution is -2.42. The quantitative estimate of drug-likeness (QED) is 0.654. The number of likely N-dealkylation sites (tertiary alicyclic amines) is 1. The van der Waals surface area contributed by atoms with Gasteiger partial charge in [0, 0.05) is 19.1 Å². The summed E-state index contributed by atoms with van der Waals surface area (Å²) in [5.74, 6) is 0. The van der Waals surface area contributed by atoms with E-state index in [0.29, 0.717) is 0 Å². The van der Waals surface area contributed by atoms with E-state index in [1.165, 1.54) is 51.7 Å². The van der Waals surface area contributed by atoms with Gasteiger partial charge in [-0.05, 0) is 59.4 Å². The summed E-state index contributed by atoms with van der Waals surface area (Å²) in [5, 5.41) is 3.56. The second-order valence-electron chi connectivity index (χ2n) is 5.50. The number of piperidine rings is 1. The first kappa shape index (κ1) is 14.9. The molecular weight excluding hydrogens is 210 g/mol. The fourth-order valence-corrected chi connectivity index (χ4v) is 2.68. The molecule has 3 nitrogen and oxygen atoms in total. The van der Waals surface area contributed by atoms with E-state index < -0.39 is 0 Å². The Hall–Kier alpha value is -0.120. The molecule has 1 unspecified atom stereocenters. The Morgan fingerprint density at radius 3 is 2.76 bits per heavy atom. The molecule has 0 amide bonds. The normalized spacial score (nSPS) is 22.2. The summed E-state index contributed by atoms with van der Waals surface area (Å²) in [5.41, 5.74) is 0. The summed E-state index contributed by atoms with van der Waals surface area (Å²) < 4.78 is 0. The van der Waals surface area contributed by atoms with Crippen molar-refractivity contribution in [1.82, 2.24) is 15.1 Å². The molecule has 1 rings (SSSR count). The molecule has 102 valence electrons. The molecule has 0 aromatic carbocycles. The van der Waals surface area contributed by atoms with Crippen LogP contribution in [0.4, 0.5) is 0 Å². The summed E-state index contributed by atoms with van der Waals surface area (Å²) >= 11 is 0. The minimum absolute atomic E-state index is 0.854. The van der Waals surface area contributed by atoms with Crippen LogP contribution in [0, 0.1) is 0 Å². The van der Waals surface area contributed by atoms with Crippen LogP contribution < -0.4 is 5.32 Å². The van der Waals surface area contributed by atoms with Gasteiger partial charge >= 0.3 is 0 Å². The smallest absolute Gasteiger partial charge is 0.0110 e. The summed E-state index contributed by atoms with van der Waals surface area (Å²) in [7, 11) is 4.28. The molecule has 1 aliphatic rings. The number of hydrogen-bond acceptors (Lipinski definition) is 3. The molecule has 1 fully saturated rings. The van der Waals surface area contributed by atoms with Crippen LogP contribution in [0.25, 0.3) is 0 Å². The zero-order chi connectivity index (χ0) is 12.5. The summed E-state index contributed by atoms with van der Waals surface area (Å²) in [6, 6.07) is 0.854. The minimum Gasteiger partial charge on any atom is -0.315 e. The van der Waals surface area contributed by atoms with Crippen molar-refractivity contribution in [2.75, 3.05) is 46.8 Å². The average Bonchev–Trinajstić information content (AvgIpc) is 2.33. The summed E-state index contributed by atoms with van der Waals surface area (Å²) in [4.78, 5) is 4.93. The molecule has 1 saturated heterocycles. The van der Waals surface area contributed by atoms with Gasteiger partial charge in [0.2, 0.25) is 0 Å². The molecule has 0 spiro atoms. The van der Waals surface area contributed by atoms with Gasteiger partial charge in [-0.15, -0.1) is 0 Å². The standard InChI is InChI=1S/C14H31N3/c1-4-14-8-5-6-12-17(14)13-10-15-9-7-11-16(2)3/h14-15H,4-13H2,1-3H3. The molecule has 0 bridgehead atoms. The fourth-order valence-electron chi connectivity index (χ4n) is 2.68. The van der Waals surface area contributed by atoms with Crippen LogP contribution in [0.1, 0.15) is 39.0 Å². The minimum atomic E-state index is 0.854. The lowest BCUT2D eigenvalue weighted by atomic mass is 10.0. The first-order valence-electron chi connectivity index (χ1n) is 7.33. The van der Waals surface area contributed by atoms with Gasteiger partial charge in [0.15, 0.2) is 0 Å². The predicted octanol–water partition coefficient (Wildman–Crippen LogP) is 1.79. The molecule has 17 heavy (non-hydrogen) atoms. The van der Waals surface area contributed by atoms with Crippen molar-refractivity contribution in [3.63, 3.8) is 0 Å². The molecule has 1 N–H and O–H groups in total. The van der Waals surface area contributed by atoms with E-state index in [0.717, 1.165) is 19.1 Å². The zero-order valence-corrected chi connectivity index (χ0v) is 12.0. The second kappa shape index (κ2) is 8.90. The SMILES string of the molecule is CCC1CCCCN1CCNCCCN(C)C. The monoisotopic (exact) mass is 241 g/mol. The average molecular weight is 241 g/mol. The van der Waals surface area contributed by atoms with Gasteiger partial charge in [0.25, 0.3) is 0 Å². The Labute approximate surface area is 108 Å². The van der Waals surface area contributed by atoms with Crippen molar-refractivity contribution in [1.29, 1.82) is 0 Å². The van der Waals surface area contributed by atoms with Crippen molar-refractivity contribution in [2.24, 2.45) is 0 Å². The second-order valence-corrected chi connectivity index (χ2v) is 5.50. The predicted molar refractivity (Wildman–Crippen MR) is 75.5 cm³/mol. The number of rotatable bonds is 8. The molecule has 0 saturated carbocycles. The van der Waals surface area contributed by atoms with Gasteiger partial charge in [0.1, 0.15) is 0 Å². The largest absolute Gasteiger partial charge is 0.315 e. The molecule has 0 aliphatic carbocycles. The molecule has 3 heteroatoms. The Balaban J connectivity index is 2.01. The van der Waals surface area contributed by atoms with Crippen LogP contribution in [0.15, 0.2) is 0 Å². The Bertz CT molecular complexity index is 182. The van der Waals surface area contributed by atoms with Crippen LogP contribution in [-0.2, 0) is 0 Å². The van der Waals surface area contributed by atoms with Gasteiger partial charge in [-0.3, -0.25) is 4.90 Å². The van der Waals surface area contributed by atoms with E-state index in [1.807, 2.05) is 0 Å². The zero-order valence-electron chi connectivity index (χ0n) is 12.0. The highest BCUT2D eigenvalue weighted by Crippen LogP contribution is 2.18. The van der Waals surface area contributed by atoms with E-state index in [-0.39, 0.29) is 0 Å². The maximum atomic E-state index is 3.56. The van der Waals surface area contributed by atoms with Gasteiger partial charge in [-0.2, -0.15) is 0 Å². The summed E-state index contributed by atoms with van der Waals surface area (Å²) in [6.45, 7) is 8.38. The van der Waals surface area contributed by atoms with E-state index in [1.54, 1.807) is 0 Å². The third-order valence-electron chi connectivity index (χ3n) is 3.75. The van der Waals surface area contributed by atoms with Gasteiger partial charge < -0.3 is 10.2 Å². The highest BCUT2D eigenvalue weighted by molar-refractivity contribution is 4.76. The van der Waals surface area contributed by atoms with Crippen LogP contribution in [0.5, 0.6) is 0 Å². The maximum Gasteiger partial charge on any atom is 0.0110 e. The lowest BCUT2D eigenvalue weighted by Gasteiger charge is -2.35. The maximum absolute atomic E-state index is 3.56. The third-order valence-corrected chi connectivity index (χ3v) is 3.75. The van der Waals surface area contributed by atoms with E-state index in [2.05, 4.69) is 36.1 Å². The van der Waals surface area contributed by atoms with Crippen LogP contribution in [-0.4, -0.2) is 62.7 Å². The highest BCUT2D eigenvalue weighted by Gasteiger charge is 2.19. The van der Waals surface area contributed by atoms with Crippen molar-refractivity contribution < 1.29 is 0 Å². The fraction of sp³-hybridized carbons (Fsp3) is 1.00. The first-order valence-corrected chi connectivity index (χ1v) is 7.33. The molecule has 0 aromatic rings. The van der Waals surface area contributed by atoms with E-state index in [4.69, 9.17) is 0 Å². The van der Waals surface area contributed by atoms with E-state index >= 15 is 0 Å². The molecule has 1 aliphatic heterocycles. The Morgan fingerprint density at radius 1 is 1.24 bits per heavy atom. The topological polar surface area (TPSA) is 18.5 Å². The Kier molecular flexibility index (Phi) is 7.82. The molecule has 1 atom stereocenters. The van der Waals surface area contributed by atoms with Crippen molar-refractivity contribution in [2.45, 2.75) is 45.1 Å². The molecule has 0 aromatic heterocycles. The highest BCUT2D eigenvalue weighted by atomic mass is 15.2. The first-order chi connectivity index (χ1) is 8.24.